The largest absolute Gasteiger partial charge is 1.00 e. The maximum Gasteiger partial charge on any atom is 0.135 e. The first kappa shape index (κ1) is 21.6. The third kappa shape index (κ3) is 6.37. The summed E-state index contributed by atoms with van der Waals surface area (Å²) in [5.41, 5.74) is 0.818. The summed E-state index contributed by atoms with van der Waals surface area (Å²) in [5, 5.41) is 4.61. The summed E-state index contributed by atoms with van der Waals surface area (Å²) in [5.74, 6) is 1.62. The number of hydrogen-bond donors (Lipinski definition) is 1. The van der Waals surface area contributed by atoms with E-state index in [1.165, 1.54) is 0 Å². The minimum Gasteiger partial charge on any atom is -1.00 e. The van der Waals surface area contributed by atoms with Gasteiger partial charge in [0.15, 0.2) is 0 Å². The topological polar surface area (TPSA) is 28.4 Å². The average molecular weight is 384 g/mol. The number of rotatable bonds is 6. The lowest BCUT2D eigenvalue weighted by Gasteiger charge is -2.09. The van der Waals surface area contributed by atoms with Crippen LogP contribution in [-0.2, 0) is 6.54 Å². The fraction of sp³-hybridized carbons (Fsp3) is 0.333. The zero-order chi connectivity index (χ0) is 14.5. The standard InChI is InChI=1S/C15H18Cl2N2O.2ClH/c1-19(2)8-7-18-10-12-4-6-15(20-12)13-9-11(16)3-5-14(13)17;;/h3-6,9,18H,7-8,10H2,1-2H3;2*1H/p-2. The summed E-state index contributed by atoms with van der Waals surface area (Å²) in [6.07, 6.45) is 0. The smallest absolute Gasteiger partial charge is 0.135 e. The molecule has 0 aliphatic carbocycles. The molecule has 0 spiro atoms. The predicted octanol–water partition coefficient (Wildman–Crippen LogP) is -2.09. The van der Waals surface area contributed by atoms with Crippen LogP contribution in [-0.4, -0.2) is 32.1 Å². The van der Waals surface area contributed by atoms with Gasteiger partial charge in [0, 0.05) is 23.7 Å². The van der Waals surface area contributed by atoms with Gasteiger partial charge in [-0.1, -0.05) is 23.2 Å². The van der Waals surface area contributed by atoms with Crippen LogP contribution in [0, 0.1) is 0 Å². The van der Waals surface area contributed by atoms with Gasteiger partial charge in [-0.05, 0) is 44.4 Å². The van der Waals surface area contributed by atoms with E-state index in [-0.39, 0.29) is 24.8 Å². The van der Waals surface area contributed by atoms with E-state index in [2.05, 4.69) is 10.2 Å². The summed E-state index contributed by atoms with van der Waals surface area (Å²) < 4.78 is 5.79. The van der Waals surface area contributed by atoms with Gasteiger partial charge in [0.1, 0.15) is 11.5 Å². The van der Waals surface area contributed by atoms with Gasteiger partial charge in [-0.25, -0.2) is 0 Å². The fourth-order valence-corrected chi connectivity index (χ4v) is 2.20. The minimum absolute atomic E-state index is 0. The zero-order valence-corrected chi connectivity index (χ0v) is 15.4. The van der Waals surface area contributed by atoms with Crippen molar-refractivity contribution in [3.8, 4) is 11.3 Å². The molecule has 2 rings (SSSR count). The molecule has 1 aromatic carbocycles. The molecule has 7 heteroatoms. The number of furan rings is 1. The molecule has 22 heavy (non-hydrogen) atoms. The number of nitrogens with one attached hydrogen (secondary N) is 1. The Bertz CT molecular complexity index is 572. The van der Waals surface area contributed by atoms with Crippen molar-refractivity contribution in [3.05, 3.63) is 46.1 Å². The summed E-state index contributed by atoms with van der Waals surface area (Å²) in [6.45, 7) is 2.61. The van der Waals surface area contributed by atoms with Crippen molar-refractivity contribution in [2.24, 2.45) is 0 Å². The highest BCUT2D eigenvalue weighted by Gasteiger charge is 2.09. The molecule has 1 heterocycles. The van der Waals surface area contributed by atoms with Crippen molar-refractivity contribution >= 4 is 23.2 Å². The third-order valence-electron chi connectivity index (χ3n) is 2.89. The molecule has 0 unspecified atom stereocenters. The van der Waals surface area contributed by atoms with E-state index >= 15 is 0 Å². The average Bonchev–Trinajstić information content (AvgIpc) is 2.86. The molecule has 124 valence electrons. The third-order valence-corrected chi connectivity index (χ3v) is 3.46. The minimum atomic E-state index is 0. The Morgan fingerprint density at radius 2 is 1.82 bits per heavy atom. The van der Waals surface area contributed by atoms with E-state index in [9.17, 15) is 0 Å². The number of hydrogen-bond acceptors (Lipinski definition) is 3. The summed E-state index contributed by atoms with van der Waals surface area (Å²) in [6, 6.07) is 9.22. The van der Waals surface area contributed by atoms with Crippen LogP contribution in [0.4, 0.5) is 0 Å². The molecule has 0 saturated heterocycles. The first-order valence-electron chi connectivity index (χ1n) is 6.46. The normalized spacial score (nSPS) is 10.2. The van der Waals surface area contributed by atoms with Crippen molar-refractivity contribution in [1.82, 2.24) is 10.2 Å². The Labute approximate surface area is 153 Å². The summed E-state index contributed by atoms with van der Waals surface area (Å²) >= 11 is 12.2. The molecule has 2 aromatic rings. The van der Waals surface area contributed by atoms with Crippen molar-refractivity contribution in [2.45, 2.75) is 6.54 Å². The lowest BCUT2D eigenvalue weighted by Crippen LogP contribution is -3.00. The van der Waals surface area contributed by atoms with Crippen LogP contribution in [0.15, 0.2) is 34.7 Å². The highest BCUT2D eigenvalue weighted by Crippen LogP contribution is 2.31. The lowest BCUT2D eigenvalue weighted by atomic mass is 10.2. The molecule has 1 aromatic heterocycles. The molecule has 0 bridgehead atoms. The Hall–Kier alpha value is -0.420. The monoisotopic (exact) mass is 382 g/mol. The van der Waals surface area contributed by atoms with Crippen LogP contribution >= 0.6 is 23.2 Å². The van der Waals surface area contributed by atoms with Crippen LogP contribution in [0.1, 0.15) is 5.76 Å². The second-order valence-electron chi connectivity index (χ2n) is 4.87. The molecule has 0 saturated carbocycles. The van der Waals surface area contributed by atoms with Gasteiger partial charge in [0.05, 0.1) is 11.6 Å². The van der Waals surface area contributed by atoms with Gasteiger partial charge < -0.3 is 39.4 Å². The van der Waals surface area contributed by atoms with Gasteiger partial charge in [-0.3, -0.25) is 0 Å². The molecule has 3 nitrogen and oxygen atoms in total. The van der Waals surface area contributed by atoms with Crippen molar-refractivity contribution < 1.29 is 29.2 Å². The van der Waals surface area contributed by atoms with E-state index in [1.807, 2.05) is 32.3 Å². The van der Waals surface area contributed by atoms with Crippen molar-refractivity contribution in [1.29, 1.82) is 0 Å². The molecule has 0 aliphatic rings. The van der Waals surface area contributed by atoms with E-state index in [0.29, 0.717) is 16.6 Å². The first-order valence-corrected chi connectivity index (χ1v) is 7.21. The number of nitrogens with zero attached hydrogens (tertiary/aromatic N) is 1. The number of benzene rings is 1. The van der Waals surface area contributed by atoms with Crippen molar-refractivity contribution in [3.63, 3.8) is 0 Å². The van der Waals surface area contributed by atoms with Crippen LogP contribution < -0.4 is 30.1 Å². The van der Waals surface area contributed by atoms with E-state index in [0.717, 1.165) is 30.2 Å². The highest BCUT2D eigenvalue weighted by atomic mass is 35.5. The second kappa shape index (κ2) is 10.4. The predicted molar refractivity (Wildman–Crippen MR) is 84.4 cm³/mol. The van der Waals surface area contributed by atoms with Gasteiger partial charge in [0.25, 0.3) is 0 Å². The van der Waals surface area contributed by atoms with E-state index < -0.39 is 0 Å². The Balaban J connectivity index is 0.00000220. The summed E-state index contributed by atoms with van der Waals surface area (Å²) in [4.78, 5) is 2.13. The Morgan fingerprint density at radius 3 is 2.50 bits per heavy atom. The van der Waals surface area contributed by atoms with E-state index in [1.54, 1.807) is 12.1 Å². The maximum absolute atomic E-state index is 6.16. The SMILES string of the molecule is CN(C)CCNCc1ccc(-c2cc(Cl)ccc2Cl)o1.[Cl-].[Cl-]. The van der Waals surface area contributed by atoms with Gasteiger partial charge in [-0.15, -0.1) is 0 Å². The van der Waals surface area contributed by atoms with E-state index in [4.69, 9.17) is 27.6 Å². The van der Waals surface area contributed by atoms with Gasteiger partial charge in [-0.2, -0.15) is 0 Å². The van der Waals surface area contributed by atoms with Gasteiger partial charge in [0.2, 0.25) is 0 Å². The molecule has 0 amide bonds. The molecule has 0 fully saturated rings. The van der Waals surface area contributed by atoms with Crippen molar-refractivity contribution in [2.75, 3.05) is 27.2 Å². The first-order chi connectivity index (χ1) is 9.56. The summed E-state index contributed by atoms with van der Waals surface area (Å²) in [7, 11) is 4.10. The Morgan fingerprint density at radius 1 is 1.09 bits per heavy atom. The second-order valence-corrected chi connectivity index (χ2v) is 5.71. The molecule has 1 N–H and O–H groups in total. The molecule has 0 aliphatic heterocycles. The molecule has 0 atom stereocenters. The quantitative estimate of drug-likeness (QED) is 0.580. The number of halogens is 4. The fourth-order valence-electron chi connectivity index (χ4n) is 1.82. The van der Waals surface area contributed by atoms with Crippen LogP contribution in [0.3, 0.4) is 0 Å². The molecule has 0 radical (unpaired) electrons. The zero-order valence-electron chi connectivity index (χ0n) is 12.4. The molecular weight excluding hydrogens is 366 g/mol. The Kier molecular flexibility index (Phi) is 10.2. The highest BCUT2D eigenvalue weighted by molar-refractivity contribution is 6.35. The van der Waals surface area contributed by atoms with Gasteiger partial charge >= 0.3 is 0 Å². The van der Waals surface area contributed by atoms with Crippen LogP contribution in [0.5, 0.6) is 0 Å². The lowest BCUT2D eigenvalue weighted by molar-refractivity contribution is -0.001000. The maximum atomic E-state index is 6.16. The van der Waals surface area contributed by atoms with Crippen LogP contribution in [0.2, 0.25) is 10.0 Å². The number of likely N-dealkylation sites (N-methyl/N-ethyl adjacent to an activating group) is 1. The van der Waals surface area contributed by atoms with Crippen LogP contribution in [0.25, 0.3) is 11.3 Å². The molecular formula is C15H18Cl4N2O-2.